The third-order valence-corrected chi connectivity index (χ3v) is 3.99. The molecular weight excluding hydrogens is 296 g/mol. The summed E-state index contributed by atoms with van der Waals surface area (Å²) in [6.45, 7) is 0.491. The first kappa shape index (κ1) is 16.0. The highest BCUT2D eigenvalue weighted by Crippen LogP contribution is 2.26. The molecule has 0 spiro atoms. The van der Waals surface area contributed by atoms with Gasteiger partial charge in [0.05, 0.1) is 5.92 Å². The molecule has 3 aromatic carbocycles. The molecule has 24 heavy (non-hydrogen) atoms. The van der Waals surface area contributed by atoms with Gasteiger partial charge in [-0.25, -0.2) is 0 Å². The molecule has 0 aromatic heterocycles. The fourth-order valence-electron chi connectivity index (χ4n) is 2.72. The van der Waals surface area contributed by atoms with Gasteiger partial charge in [-0.1, -0.05) is 72.8 Å². The molecule has 0 fully saturated rings. The van der Waals surface area contributed by atoms with Gasteiger partial charge in [0.1, 0.15) is 0 Å². The van der Waals surface area contributed by atoms with Gasteiger partial charge in [0.15, 0.2) is 0 Å². The maximum atomic E-state index is 12.9. The van der Waals surface area contributed by atoms with Crippen LogP contribution in [0.25, 0.3) is 0 Å². The standard InChI is InChI=1S/C21H20N2O/c22-15-16-11-13-19(14-12-16)23-21(24)20(17-7-3-1-4-8-17)18-9-5-2-6-10-18/h1-14,20H,15,22H2,(H,23,24). The van der Waals surface area contributed by atoms with Crippen LogP contribution < -0.4 is 11.1 Å². The topological polar surface area (TPSA) is 55.1 Å². The molecular formula is C21H20N2O. The Hall–Kier alpha value is -2.91. The Morgan fingerprint density at radius 3 is 1.75 bits per heavy atom. The van der Waals surface area contributed by atoms with Crippen LogP contribution in [0.2, 0.25) is 0 Å². The first-order valence-corrected chi connectivity index (χ1v) is 7.97. The number of carbonyl (C=O) groups is 1. The number of benzene rings is 3. The second-order valence-electron chi connectivity index (χ2n) is 5.64. The van der Waals surface area contributed by atoms with Crippen molar-refractivity contribution in [3.05, 3.63) is 102 Å². The Morgan fingerprint density at radius 1 is 0.792 bits per heavy atom. The Bertz CT molecular complexity index is 744. The largest absolute Gasteiger partial charge is 0.326 e. The van der Waals surface area contributed by atoms with E-state index < -0.39 is 0 Å². The lowest BCUT2D eigenvalue weighted by Crippen LogP contribution is -2.22. The van der Waals surface area contributed by atoms with Crippen molar-refractivity contribution in [3.8, 4) is 0 Å². The average Bonchev–Trinajstić information content (AvgIpc) is 2.64. The summed E-state index contributed by atoms with van der Waals surface area (Å²) in [6, 6.07) is 27.3. The summed E-state index contributed by atoms with van der Waals surface area (Å²) in [5.74, 6) is -0.394. The van der Waals surface area contributed by atoms with Crippen LogP contribution in [0.1, 0.15) is 22.6 Å². The molecule has 120 valence electrons. The summed E-state index contributed by atoms with van der Waals surface area (Å²) in [5, 5.41) is 3.01. The van der Waals surface area contributed by atoms with Crippen molar-refractivity contribution in [2.45, 2.75) is 12.5 Å². The minimum atomic E-state index is -0.346. The number of rotatable bonds is 5. The Balaban J connectivity index is 1.89. The first-order valence-electron chi connectivity index (χ1n) is 7.97. The second-order valence-corrected chi connectivity index (χ2v) is 5.64. The van der Waals surface area contributed by atoms with Gasteiger partial charge >= 0.3 is 0 Å². The lowest BCUT2D eigenvalue weighted by atomic mass is 9.90. The van der Waals surface area contributed by atoms with Crippen LogP contribution >= 0.6 is 0 Å². The van der Waals surface area contributed by atoms with Crippen molar-refractivity contribution >= 4 is 11.6 Å². The first-order chi connectivity index (χ1) is 11.8. The van der Waals surface area contributed by atoms with Gasteiger partial charge in [0.25, 0.3) is 0 Å². The van der Waals surface area contributed by atoms with E-state index >= 15 is 0 Å². The molecule has 0 saturated carbocycles. The molecule has 0 aliphatic carbocycles. The van der Waals surface area contributed by atoms with Gasteiger partial charge in [-0.2, -0.15) is 0 Å². The molecule has 0 aliphatic heterocycles. The summed E-state index contributed by atoms with van der Waals surface area (Å²) < 4.78 is 0. The molecule has 0 bridgehead atoms. The van der Waals surface area contributed by atoms with Crippen LogP contribution in [0, 0.1) is 0 Å². The number of amides is 1. The fourth-order valence-corrected chi connectivity index (χ4v) is 2.72. The normalized spacial score (nSPS) is 10.6. The smallest absolute Gasteiger partial charge is 0.236 e. The summed E-state index contributed by atoms with van der Waals surface area (Å²) in [4.78, 5) is 12.9. The van der Waals surface area contributed by atoms with E-state index in [1.807, 2.05) is 84.9 Å². The quantitative estimate of drug-likeness (QED) is 0.749. The number of hydrogen-bond donors (Lipinski definition) is 2. The molecule has 3 N–H and O–H groups in total. The van der Waals surface area contributed by atoms with Gasteiger partial charge in [0, 0.05) is 12.2 Å². The number of nitrogens with one attached hydrogen (secondary N) is 1. The zero-order chi connectivity index (χ0) is 16.8. The number of anilines is 1. The maximum Gasteiger partial charge on any atom is 0.236 e. The minimum Gasteiger partial charge on any atom is -0.326 e. The molecule has 0 radical (unpaired) electrons. The Morgan fingerprint density at radius 2 is 1.29 bits per heavy atom. The molecule has 0 atom stereocenters. The van der Waals surface area contributed by atoms with Gasteiger partial charge < -0.3 is 11.1 Å². The van der Waals surface area contributed by atoms with E-state index in [1.165, 1.54) is 0 Å². The summed E-state index contributed by atoms with van der Waals surface area (Å²) >= 11 is 0. The van der Waals surface area contributed by atoms with Crippen molar-refractivity contribution in [1.29, 1.82) is 0 Å². The highest BCUT2D eigenvalue weighted by Gasteiger charge is 2.22. The van der Waals surface area contributed by atoms with Crippen molar-refractivity contribution < 1.29 is 4.79 Å². The van der Waals surface area contributed by atoms with Gasteiger partial charge in [-0.3, -0.25) is 4.79 Å². The molecule has 0 unspecified atom stereocenters. The molecule has 3 heteroatoms. The molecule has 0 aliphatic rings. The Labute approximate surface area is 142 Å². The predicted octanol–water partition coefficient (Wildman–Crippen LogP) is 3.92. The van der Waals surface area contributed by atoms with E-state index in [2.05, 4.69) is 5.32 Å². The zero-order valence-corrected chi connectivity index (χ0v) is 13.4. The highest BCUT2D eigenvalue weighted by atomic mass is 16.1. The summed E-state index contributed by atoms with van der Waals surface area (Å²) in [7, 11) is 0. The maximum absolute atomic E-state index is 12.9. The van der Waals surface area contributed by atoms with Crippen LogP contribution in [-0.2, 0) is 11.3 Å². The van der Waals surface area contributed by atoms with Crippen molar-refractivity contribution in [2.75, 3.05) is 5.32 Å². The van der Waals surface area contributed by atoms with Gasteiger partial charge in [-0.05, 0) is 28.8 Å². The van der Waals surface area contributed by atoms with Crippen LogP contribution in [-0.4, -0.2) is 5.91 Å². The molecule has 1 amide bonds. The van der Waals surface area contributed by atoms with Crippen molar-refractivity contribution in [1.82, 2.24) is 0 Å². The lowest BCUT2D eigenvalue weighted by molar-refractivity contribution is -0.116. The van der Waals surface area contributed by atoms with E-state index in [9.17, 15) is 4.79 Å². The molecule has 0 heterocycles. The Kier molecular flexibility index (Phi) is 5.04. The molecule has 3 nitrogen and oxygen atoms in total. The predicted molar refractivity (Wildman–Crippen MR) is 97.7 cm³/mol. The van der Waals surface area contributed by atoms with E-state index in [-0.39, 0.29) is 11.8 Å². The van der Waals surface area contributed by atoms with Crippen LogP contribution in [0.3, 0.4) is 0 Å². The third-order valence-electron chi connectivity index (χ3n) is 3.99. The van der Waals surface area contributed by atoms with Crippen molar-refractivity contribution in [3.63, 3.8) is 0 Å². The van der Waals surface area contributed by atoms with Crippen LogP contribution in [0.4, 0.5) is 5.69 Å². The van der Waals surface area contributed by atoms with Gasteiger partial charge in [0.2, 0.25) is 5.91 Å². The monoisotopic (exact) mass is 316 g/mol. The molecule has 3 rings (SSSR count). The number of nitrogens with two attached hydrogens (primary N) is 1. The van der Waals surface area contributed by atoms with E-state index in [1.54, 1.807) is 0 Å². The minimum absolute atomic E-state index is 0.0482. The number of hydrogen-bond acceptors (Lipinski definition) is 2. The highest BCUT2D eigenvalue weighted by molar-refractivity contribution is 5.98. The van der Waals surface area contributed by atoms with Crippen LogP contribution in [0.5, 0.6) is 0 Å². The summed E-state index contributed by atoms with van der Waals surface area (Å²) in [5.41, 5.74) is 9.37. The van der Waals surface area contributed by atoms with Crippen molar-refractivity contribution in [2.24, 2.45) is 5.73 Å². The zero-order valence-electron chi connectivity index (χ0n) is 13.4. The number of carbonyl (C=O) groups excluding carboxylic acids is 1. The van der Waals surface area contributed by atoms with E-state index in [0.717, 1.165) is 22.4 Å². The van der Waals surface area contributed by atoms with Gasteiger partial charge in [-0.15, -0.1) is 0 Å². The van der Waals surface area contributed by atoms with E-state index in [0.29, 0.717) is 6.54 Å². The lowest BCUT2D eigenvalue weighted by Gasteiger charge is -2.18. The van der Waals surface area contributed by atoms with E-state index in [4.69, 9.17) is 5.73 Å². The van der Waals surface area contributed by atoms with Crippen LogP contribution in [0.15, 0.2) is 84.9 Å². The molecule has 0 saturated heterocycles. The molecule has 3 aromatic rings. The fraction of sp³-hybridized carbons (Fsp3) is 0.0952. The SMILES string of the molecule is NCc1ccc(NC(=O)C(c2ccccc2)c2ccccc2)cc1. The third kappa shape index (κ3) is 3.70. The summed E-state index contributed by atoms with van der Waals surface area (Å²) in [6.07, 6.45) is 0. The second kappa shape index (κ2) is 7.57. The average molecular weight is 316 g/mol.